The van der Waals surface area contributed by atoms with E-state index in [2.05, 4.69) is 26.2 Å². The maximum atomic E-state index is 11.4. The van der Waals surface area contributed by atoms with Gasteiger partial charge in [0.25, 0.3) is 0 Å². The van der Waals surface area contributed by atoms with Crippen LogP contribution in [0.4, 0.5) is 10.5 Å². The van der Waals surface area contributed by atoms with Crippen LogP contribution in [-0.2, 0) is 4.84 Å². The number of aryl methyl sites for hydroxylation is 1. The molecule has 1 aliphatic carbocycles. The molecule has 9 heteroatoms. The number of benzene rings is 1. The molecule has 2 fully saturated rings. The number of hydrogen-bond donors (Lipinski definition) is 1. The van der Waals surface area contributed by atoms with Gasteiger partial charge in [-0.2, -0.15) is 5.06 Å². The van der Waals surface area contributed by atoms with Crippen molar-refractivity contribution in [3.05, 3.63) is 48.2 Å². The van der Waals surface area contributed by atoms with Gasteiger partial charge in [-0.15, -0.1) is 0 Å². The highest BCUT2D eigenvalue weighted by Gasteiger charge is 2.31. The number of piperazine rings is 1. The summed E-state index contributed by atoms with van der Waals surface area (Å²) < 4.78 is 2.21. The van der Waals surface area contributed by atoms with Crippen LogP contribution in [0.1, 0.15) is 43.1 Å². The van der Waals surface area contributed by atoms with E-state index in [1.54, 1.807) is 12.1 Å². The van der Waals surface area contributed by atoms with Crippen molar-refractivity contribution in [3.8, 4) is 11.3 Å². The lowest BCUT2D eigenvalue weighted by Gasteiger charge is -2.41. The zero-order chi connectivity index (χ0) is 24.5. The molecule has 2 aliphatic rings. The van der Waals surface area contributed by atoms with Crippen LogP contribution >= 0.6 is 0 Å². The van der Waals surface area contributed by atoms with Crippen LogP contribution in [0.3, 0.4) is 0 Å². The molecule has 5 rings (SSSR count). The van der Waals surface area contributed by atoms with Crippen molar-refractivity contribution in [2.45, 2.75) is 44.6 Å². The first-order valence-corrected chi connectivity index (χ1v) is 12.4. The van der Waals surface area contributed by atoms with Gasteiger partial charge in [0.05, 0.1) is 29.7 Å². The number of aromatic nitrogens is 3. The topological polar surface area (TPSA) is 86.4 Å². The van der Waals surface area contributed by atoms with E-state index < -0.39 is 6.09 Å². The lowest BCUT2D eigenvalue weighted by molar-refractivity contribution is 0.0872. The van der Waals surface area contributed by atoms with E-state index in [4.69, 9.17) is 9.82 Å². The molecule has 0 radical (unpaired) electrons. The Kier molecular flexibility index (Phi) is 6.73. The highest BCUT2D eigenvalue weighted by atomic mass is 16.7. The fourth-order valence-electron chi connectivity index (χ4n) is 5.64. The van der Waals surface area contributed by atoms with Gasteiger partial charge in [-0.05, 0) is 51.8 Å². The van der Waals surface area contributed by atoms with Crippen molar-refractivity contribution < 1.29 is 14.7 Å². The highest BCUT2D eigenvalue weighted by molar-refractivity contribution is 5.85. The van der Waals surface area contributed by atoms with Gasteiger partial charge in [0.15, 0.2) is 0 Å². The molecule has 186 valence electrons. The first-order chi connectivity index (χ1) is 17.0. The van der Waals surface area contributed by atoms with Crippen LogP contribution < -0.4 is 5.06 Å². The number of nitrogens with zero attached hydrogens (tertiary/aromatic N) is 6. The predicted molar refractivity (Wildman–Crippen MR) is 135 cm³/mol. The van der Waals surface area contributed by atoms with Crippen molar-refractivity contribution in [1.82, 2.24) is 24.2 Å². The van der Waals surface area contributed by atoms with E-state index in [0.717, 1.165) is 59.3 Å². The molecule has 0 atom stereocenters. The molecule has 9 nitrogen and oxygen atoms in total. The lowest BCUT2D eigenvalue weighted by Crippen LogP contribution is -2.49. The molecule has 2 aromatic heterocycles. The van der Waals surface area contributed by atoms with Gasteiger partial charge in [-0.3, -0.25) is 19.1 Å². The standard InChI is InChI=1S/C26H34N6O3/c1-18-24-23(19-4-10-22(11-5-19)32(35-3)26(33)34)28-25(31(24)13-12-27-18)20-6-8-21(9-7-20)30-16-14-29(2)15-17-30/h4-5,10-13,20-21H,6-9,14-17H2,1-3H3,(H,33,34). The summed E-state index contributed by atoms with van der Waals surface area (Å²) >= 11 is 0. The maximum absolute atomic E-state index is 11.4. The summed E-state index contributed by atoms with van der Waals surface area (Å²) in [5, 5.41) is 10.2. The zero-order valence-corrected chi connectivity index (χ0v) is 20.7. The molecule has 1 aromatic carbocycles. The average molecular weight is 479 g/mol. The summed E-state index contributed by atoms with van der Waals surface area (Å²) in [7, 11) is 3.55. The minimum atomic E-state index is -1.16. The van der Waals surface area contributed by atoms with E-state index in [-0.39, 0.29) is 0 Å². The van der Waals surface area contributed by atoms with Crippen LogP contribution in [0, 0.1) is 6.92 Å². The zero-order valence-electron chi connectivity index (χ0n) is 20.7. The van der Waals surface area contributed by atoms with Gasteiger partial charge < -0.3 is 10.0 Å². The lowest BCUT2D eigenvalue weighted by atomic mass is 9.84. The van der Waals surface area contributed by atoms with Crippen molar-refractivity contribution >= 4 is 17.3 Å². The summed E-state index contributed by atoms with van der Waals surface area (Å²) in [4.78, 5) is 31.2. The first kappa shape index (κ1) is 23.7. The fraction of sp³-hybridized carbons (Fsp3) is 0.500. The number of imidazole rings is 1. The van der Waals surface area contributed by atoms with Crippen molar-refractivity contribution in [2.75, 3.05) is 45.4 Å². The number of likely N-dealkylation sites (N-methyl/N-ethyl adjacent to an activating group) is 1. The summed E-state index contributed by atoms with van der Waals surface area (Å²) in [6.07, 6.45) is 7.39. The second kappa shape index (κ2) is 9.93. The second-order valence-corrected chi connectivity index (χ2v) is 9.70. The molecule has 1 N–H and O–H groups in total. The molecule has 35 heavy (non-hydrogen) atoms. The van der Waals surface area contributed by atoms with E-state index in [0.29, 0.717) is 17.6 Å². The Morgan fingerprint density at radius 1 is 1.09 bits per heavy atom. The van der Waals surface area contributed by atoms with E-state index >= 15 is 0 Å². The average Bonchev–Trinajstić information content (AvgIpc) is 3.26. The molecule has 0 unspecified atom stereocenters. The molecular weight excluding hydrogens is 444 g/mol. The van der Waals surface area contributed by atoms with Crippen LogP contribution in [-0.4, -0.2) is 81.7 Å². The Morgan fingerprint density at radius 3 is 2.40 bits per heavy atom. The number of fused-ring (bicyclic) bond motifs is 1. The molecule has 3 heterocycles. The van der Waals surface area contributed by atoms with Gasteiger partial charge in [0.2, 0.25) is 0 Å². The number of rotatable bonds is 5. The third kappa shape index (κ3) is 4.63. The van der Waals surface area contributed by atoms with Crippen LogP contribution in [0.15, 0.2) is 36.7 Å². The molecule has 0 bridgehead atoms. The Morgan fingerprint density at radius 2 is 1.77 bits per heavy atom. The van der Waals surface area contributed by atoms with Gasteiger partial charge >= 0.3 is 6.09 Å². The molecular formula is C26H34N6O3. The minimum absolute atomic E-state index is 0.414. The minimum Gasteiger partial charge on any atom is -0.463 e. The molecule has 0 spiro atoms. The number of hydroxylamine groups is 1. The molecule has 1 amide bonds. The third-order valence-corrected chi connectivity index (χ3v) is 7.61. The normalized spacial score (nSPS) is 21.9. The second-order valence-electron chi connectivity index (χ2n) is 9.70. The summed E-state index contributed by atoms with van der Waals surface area (Å²) in [5.41, 5.74) is 4.21. The maximum Gasteiger partial charge on any atom is 0.436 e. The van der Waals surface area contributed by atoms with Crippen molar-refractivity contribution in [3.63, 3.8) is 0 Å². The SMILES string of the molecule is CON(C(=O)O)c1ccc(-c2nc(C3CCC(N4CCN(C)CC4)CC3)n3ccnc(C)c23)cc1. The number of carbonyl (C=O) groups is 1. The predicted octanol–water partition coefficient (Wildman–Crippen LogP) is 4.02. The van der Waals surface area contributed by atoms with E-state index in [1.165, 1.54) is 33.0 Å². The quantitative estimate of drug-likeness (QED) is 0.554. The highest BCUT2D eigenvalue weighted by Crippen LogP contribution is 2.38. The van der Waals surface area contributed by atoms with Crippen molar-refractivity contribution in [1.29, 1.82) is 0 Å². The number of hydrogen-bond acceptors (Lipinski definition) is 6. The molecule has 1 saturated heterocycles. The Balaban J connectivity index is 1.40. The van der Waals surface area contributed by atoms with Crippen LogP contribution in [0.25, 0.3) is 16.8 Å². The number of anilines is 1. The van der Waals surface area contributed by atoms with E-state index in [9.17, 15) is 9.90 Å². The van der Waals surface area contributed by atoms with E-state index in [1.807, 2.05) is 31.5 Å². The monoisotopic (exact) mass is 478 g/mol. The molecule has 1 aliphatic heterocycles. The summed E-state index contributed by atoms with van der Waals surface area (Å²) in [5.74, 6) is 1.52. The number of amides is 1. The molecule has 1 saturated carbocycles. The summed E-state index contributed by atoms with van der Waals surface area (Å²) in [6, 6.07) is 7.95. The smallest absolute Gasteiger partial charge is 0.436 e. The molecule has 3 aromatic rings. The van der Waals surface area contributed by atoms with Gasteiger partial charge in [-0.1, -0.05) is 12.1 Å². The Hall–Kier alpha value is -3.01. The summed E-state index contributed by atoms with van der Waals surface area (Å²) in [6.45, 7) is 6.68. The Labute approximate surface area is 205 Å². The van der Waals surface area contributed by atoms with Gasteiger partial charge in [-0.25, -0.2) is 9.78 Å². The van der Waals surface area contributed by atoms with Gasteiger partial charge in [0, 0.05) is 56.1 Å². The van der Waals surface area contributed by atoms with Crippen LogP contribution in [0.5, 0.6) is 0 Å². The number of carboxylic acid groups (broad SMARTS) is 1. The fourth-order valence-corrected chi connectivity index (χ4v) is 5.64. The largest absolute Gasteiger partial charge is 0.463 e. The Bertz CT molecular complexity index is 1180. The van der Waals surface area contributed by atoms with Gasteiger partial charge in [0.1, 0.15) is 5.82 Å². The van der Waals surface area contributed by atoms with Crippen LogP contribution in [0.2, 0.25) is 0 Å². The third-order valence-electron chi connectivity index (χ3n) is 7.61. The van der Waals surface area contributed by atoms with Crippen molar-refractivity contribution in [2.24, 2.45) is 0 Å². The first-order valence-electron chi connectivity index (χ1n) is 12.4.